The molecule has 0 rings (SSSR count). The van der Waals surface area contributed by atoms with Gasteiger partial charge in [0.2, 0.25) is 0 Å². The summed E-state index contributed by atoms with van der Waals surface area (Å²) in [5.74, 6) is 1.66. The Labute approximate surface area is 236 Å². The Hall–Kier alpha value is 2.46. The summed E-state index contributed by atoms with van der Waals surface area (Å²) in [6, 6.07) is 0. The van der Waals surface area contributed by atoms with Crippen LogP contribution in [0.1, 0.15) is 118 Å². The van der Waals surface area contributed by atoms with Crippen molar-refractivity contribution in [1.29, 1.82) is 0 Å². The molecule has 0 saturated heterocycles. The van der Waals surface area contributed by atoms with E-state index in [0.717, 1.165) is 50.0 Å². The van der Waals surface area contributed by atoms with Crippen molar-refractivity contribution in [3.05, 3.63) is 0 Å². The van der Waals surface area contributed by atoms with Crippen molar-refractivity contribution >= 4 is 57.8 Å². The Morgan fingerprint density at radius 1 is 0.545 bits per heavy atom. The largest absolute Gasteiger partial charge is 2.00 e. The molecule has 33 heavy (non-hydrogen) atoms. The zero-order valence-electron chi connectivity index (χ0n) is 21.6. The topological polar surface area (TPSA) is 64.6 Å². The molecule has 0 aromatic carbocycles. The van der Waals surface area contributed by atoms with Crippen molar-refractivity contribution in [3.63, 3.8) is 0 Å². The van der Waals surface area contributed by atoms with Crippen molar-refractivity contribution in [2.24, 2.45) is 0 Å². The first-order valence-electron chi connectivity index (χ1n) is 12.4. The number of hydrogen-bond donors (Lipinski definition) is 0. The minimum atomic E-state index is -2.77. The molecular formula is C22H48O4P2S4Zn. The third kappa shape index (κ3) is 34.5. The maximum atomic E-state index is 11.7. The molecule has 0 radical (unpaired) electrons. The first-order valence-corrected chi connectivity index (χ1v) is 20.9. The Kier molecular flexibility index (Phi) is 35.2. The van der Waals surface area contributed by atoms with Crippen LogP contribution in [0.5, 0.6) is 0 Å². The van der Waals surface area contributed by atoms with Crippen LogP contribution in [-0.2, 0) is 52.1 Å². The molecule has 0 heterocycles. The molecule has 196 valence electrons. The van der Waals surface area contributed by atoms with Gasteiger partial charge in [-0.15, -0.1) is 22.8 Å². The van der Waals surface area contributed by atoms with E-state index in [1.54, 1.807) is 0 Å². The van der Waals surface area contributed by atoms with Crippen LogP contribution >= 0.6 is 34.2 Å². The van der Waals surface area contributed by atoms with Gasteiger partial charge < -0.3 is 18.8 Å². The predicted octanol–water partition coefficient (Wildman–Crippen LogP) is 8.18. The first-order chi connectivity index (χ1) is 15.2. The predicted molar refractivity (Wildman–Crippen MR) is 153 cm³/mol. The Morgan fingerprint density at radius 2 is 0.848 bits per heavy atom. The summed E-state index contributed by atoms with van der Waals surface area (Å²) >= 11 is 12.4. The molecule has 0 aromatic heterocycles. The van der Waals surface area contributed by atoms with Gasteiger partial charge in [-0.2, -0.15) is 0 Å². The SMILES string of the molecule is CCCCCCCCOP([O-])(=S)SCCC.CCCCCCCCOP([O-])(=S)SCCC.[Zn+2]. The van der Waals surface area contributed by atoms with Crippen molar-refractivity contribution in [1.82, 2.24) is 0 Å². The van der Waals surface area contributed by atoms with Gasteiger partial charge >= 0.3 is 19.5 Å². The van der Waals surface area contributed by atoms with Gasteiger partial charge in [-0.3, -0.25) is 0 Å². The second kappa shape index (κ2) is 29.0. The molecule has 11 heteroatoms. The molecule has 2 unspecified atom stereocenters. The van der Waals surface area contributed by atoms with E-state index in [1.165, 1.54) is 74.1 Å². The second-order valence-electron chi connectivity index (χ2n) is 7.76. The number of rotatable bonds is 22. The van der Waals surface area contributed by atoms with E-state index in [9.17, 15) is 9.79 Å². The minimum Gasteiger partial charge on any atom is -0.793 e. The molecule has 0 fully saturated rings. The molecule has 0 spiro atoms. The summed E-state index contributed by atoms with van der Waals surface area (Å²) < 4.78 is 10.5. The van der Waals surface area contributed by atoms with E-state index in [0.29, 0.717) is 13.2 Å². The summed E-state index contributed by atoms with van der Waals surface area (Å²) in [6.07, 6.45) is 16.5. The van der Waals surface area contributed by atoms with Crippen LogP contribution in [-0.4, -0.2) is 24.7 Å². The quantitative estimate of drug-likeness (QED) is 0.0673. The van der Waals surface area contributed by atoms with E-state index in [4.69, 9.17) is 32.7 Å². The maximum absolute atomic E-state index is 11.7. The molecule has 0 amide bonds. The van der Waals surface area contributed by atoms with Gasteiger partial charge in [0.25, 0.3) is 0 Å². The summed E-state index contributed by atoms with van der Waals surface area (Å²) in [5, 5.41) is 0. The van der Waals surface area contributed by atoms with Gasteiger partial charge in [-0.05, 0) is 37.2 Å². The fourth-order valence-electron chi connectivity index (χ4n) is 2.60. The molecular weight excluding hydrogens is 584 g/mol. The van der Waals surface area contributed by atoms with Crippen LogP contribution in [0.25, 0.3) is 0 Å². The van der Waals surface area contributed by atoms with Gasteiger partial charge in [0.15, 0.2) is 0 Å². The summed E-state index contributed by atoms with van der Waals surface area (Å²) in [4.78, 5) is 23.3. The third-order valence-corrected chi connectivity index (χ3v) is 13.4. The molecule has 0 aromatic rings. The van der Waals surface area contributed by atoms with Gasteiger partial charge in [0, 0.05) is 11.4 Å². The van der Waals surface area contributed by atoms with E-state index in [2.05, 4.69) is 27.7 Å². The van der Waals surface area contributed by atoms with Crippen LogP contribution < -0.4 is 9.79 Å². The molecule has 0 aliphatic carbocycles. The first kappa shape index (κ1) is 40.0. The zero-order valence-corrected chi connectivity index (χ0v) is 29.6. The van der Waals surface area contributed by atoms with Crippen LogP contribution in [0, 0.1) is 0 Å². The standard InChI is InChI=1S/2C11H25O2PS2.Zn/c2*1-3-5-6-7-8-9-10-13-14(12,15)16-11-4-2;/h2*3-11H2,1-2H3,(H,12,15);/q;;+2/p-2. The van der Waals surface area contributed by atoms with E-state index >= 15 is 0 Å². The Morgan fingerprint density at radius 3 is 1.15 bits per heavy atom. The summed E-state index contributed by atoms with van der Waals surface area (Å²) in [7, 11) is 0. The monoisotopic (exact) mass is 630 g/mol. The summed E-state index contributed by atoms with van der Waals surface area (Å²) in [6.45, 7) is 9.64. The molecule has 0 aliphatic rings. The van der Waals surface area contributed by atoms with Crippen molar-refractivity contribution in [3.8, 4) is 0 Å². The zero-order chi connectivity index (χ0) is 24.6. The van der Waals surface area contributed by atoms with Gasteiger partial charge in [-0.1, -0.05) is 116 Å². The van der Waals surface area contributed by atoms with E-state index < -0.39 is 11.4 Å². The van der Waals surface area contributed by atoms with Crippen LogP contribution in [0.2, 0.25) is 0 Å². The van der Waals surface area contributed by atoms with Gasteiger partial charge in [-0.25, -0.2) is 0 Å². The van der Waals surface area contributed by atoms with Crippen LogP contribution in [0.3, 0.4) is 0 Å². The number of hydrogen-bond acceptors (Lipinski definition) is 8. The van der Waals surface area contributed by atoms with Crippen LogP contribution in [0.4, 0.5) is 0 Å². The molecule has 4 nitrogen and oxygen atoms in total. The second-order valence-corrected chi connectivity index (χ2v) is 20.1. The molecule has 0 bridgehead atoms. The maximum Gasteiger partial charge on any atom is 2.00 e. The van der Waals surface area contributed by atoms with E-state index in [-0.39, 0.29) is 19.5 Å². The molecule has 0 N–H and O–H groups in total. The van der Waals surface area contributed by atoms with Crippen molar-refractivity contribution < 1.29 is 38.3 Å². The number of unbranched alkanes of at least 4 members (excludes halogenated alkanes) is 10. The normalized spacial score (nSPS) is 14.5. The fraction of sp³-hybridized carbons (Fsp3) is 1.00. The van der Waals surface area contributed by atoms with Crippen LogP contribution in [0.15, 0.2) is 0 Å². The van der Waals surface area contributed by atoms with Crippen molar-refractivity contribution in [2.45, 2.75) is 118 Å². The van der Waals surface area contributed by atoms with Crippen molar-refractivity contribution in [2.75, 3.05) is 24.7 Å². The average Bonchev–Trinajstić information content (AvgIpc) is 2.75. The Balaban J connectivity index is -0.000000529. The fourth-order valence-corrected chi connectivity index (χ4v) is 9.39. The van der Waals surface area contributed by atoms with E-state index in [1.807, 2.05) is 0 Å². The summed E-state index contributed by atoms with van der Waals surface area (Å²) in [5.41, 5.74) is -5.54. The minimum absolute atomic E-state index is 0. The average molecular weight is 632 g/mol. The molecule has 0 saturated carbocycles. The smallest absolute Gasteiger partial charge is 0.793 e. The molecule has 2 atom stereocenters. The van der Waals surface area contributed by atoms with Gasteiger partial charge in [0.1, 0.15) is 0 Å². The van der Waals surface area contributed by atoms with Gasteiger partial charge in [0.05, 0.1) is 13.2 Å². The molecule has 0 aliphatic heterocycles. The third-order valence-electron chi connectivity index (χ3n) is 4.40. The Bertz CT molecular complexity index is 449.